The van der Waals surface area contributed by atoms with Gasteiger partial charge in [-0.3, -0.25) is 9.59 Å². The highest BCUT2D eigenvalue weighted by Crippen LogP contribution is 2.35. The number of rotatable bonds is 9. The Morgan fingerprint density at radius 3 is 1.90 bits per heavy atom. The third-order valence-electron chi connectivity index (χ3n) is 10.9. The Labute approximate surface area is 336 Å². The highest BCUT2D eigenvalue weighted by atomic mass is 16.5. The molecule has 2 aromatic heterocycles. The first-order valence-corrected chi connectivity index (χ1v) is 19.5. The van der Waals surface area contributed by atoms with Crippen LogP contribution in [-0.2, 0) is 14.3 Å². The summed E-state index contributed by atoms with van der Waals surface area (Å²) in [5.41, 5.74) is 13.3. The number of benzene rings is 4. The molecule has 0 aliphatic carbocycles. The largest absolute Gasteiger partial charge is 0.453 e. The van der Waals surface area contributed by atoms with Crippen molar-refractivity contribution < 1.29 is 19.1 Å². The number of imidazole rings is 2. The molecule has 58 heavy (non-hydrogen) atoms. The SMILES string of the molecule is COC(=O)N[C@@H](C(=O)N1CCC[C@H]1c1ncc(-c2ccc(-c3ccc(C#Cc4cnc([C@@H]5CCCN5C(=O)[C@H](N)c5ccccc5)[nH]4)cc3)cc2)[nH]1)c1ccccc1. The van der Waals surface area contributed by atoms with Gasteiger partial charge < -0.3 is 35.6 Å². The van der Waals surface area contributed by atoms with Crippen molar-refractivity contribution in [3.63, 3.8) is 0 Å². The van der Waals surface area contributed by atoms with Crippen molar-refractivity contribution in [3.8, 4) is 34.2 Å². The summed E-state index contributed by atoms with van der Waals surface area (Å²) in [6, 6.07) is 33.0. The smallest absolute Gasteiger partial charge is 0.407 e. The van der Waals surface area contributed by atoms with Gasteiger partial charge in [0.15, 0.2) is 0 Å². The minimum atomic E-state index is -0.875. The third-order valence-corrected chi connectivity index (χ3v) is 10.9. The van der Waals surface area contributed by atoms with Gasteiger partial charge in [-0.2, -0.15) is 0 Å². The lowest BCUT2D eigenvalue weighted by molar-refractivity contribution is -0.135. The van der Waals surface area contributed by atoms with Crippen molar-refractivity contribution in [2.24, 2.45) is 5.73 Å². The molecule has 6 aromatic rings. The van der Waals surface area contributed by atoms with Crippen LogP contribution in [0.1, 0.15) is 83.9 Å². The minimum absolute atomic E-state index is 0.102. The van der Waals surface area contributed by atoms with Gasteiger partial charge >= 0.3 is 6.09 Å². The minimum Gasteiger partial charge on any atom is -0.453 e. The fourth-order valence-corrected chi connectivity index (χ4v) is 7.84. The van der Waals surface area contributed by atoms with Crippen LogP contribution in [0.3, 0.4) is 0 Å². The van der Waals surface area contributed by atoms with Gasteiger partial charge in [0.25, 0.3) is 5.91 Å². The maximum absolute atomic E-state index is 13.9. The number of aromatic amines is 2. The summed E-state index contributed by atoms with van der Waals surface area (Å²) in [7, 11) is 1.28. The number of carbonyl (C=O) groups excluding carboxylic acids is 3. The summed E-state index contributed by atoms with van der Waals surface area (Å²) in [6.07, 6.45) is 6.13. The standard InChI is InChI=1S/C46H44N8O4/c1-58-46(57)52-41(35-12-6-3-7-13-35)45(56)54-27-9-15-39(54)43-49-29-37(51-43)33-23-21-32(22-24-33)31-19-16-30(17-20-31)18-25-36-28-48-42(50-36)38-14-8-26-53(38)44(55)40(47)34-10-4-2-5-11-34/h2-7,10-13,16-17,19-24,28-29,38-41H,8-9,14-15,26-27,47H2,1H3,(H,48,50)(H,49,51)(H,52,57)/t38-,39-,40+,41+/m0/s1. The Hall–Kier alpha value is -6.97. The predicted molar refractivity (Wildman–Crippen MR) is 219 cm³/mol. The van der Waals surface area contributed by atoms with Crippen LogP contribution in [0.15, 0.2) is 122 Å². The quantitative estimate of drug-likeness (QED) is 0.115. The van der Waals surface area contributed by atoms with E-state index in [0.717, 1.165) is 65.0 Å². The molecule has 0 bridgehead atoms. The summed E-state index contributed by atoms with van der Waals surface area (Å²) < 4.78 is 4.82. The number of carbonyl (C=O) groups is 3. The Morgan fingerprint density at radius 2 is 1.26 bits per heavy atom. The molecule has 3 amide bonds. The predicted octanol–water partition coefficient (Wildman–Crippen LogP) is 6.99. The first-order valence-electron chi connectivity index (χ1n) is 19.5. The first kappa shape index (κ1) is 37.9. The summed E-state index contributed by atoms with van der Waals surface area (Å²) in [5, 5.41) is 2.71. The van der Waals surface area contributed by atoms with Crippen LogP contribution >= 0.6 is 0 Å². The second kappa shape index (κ2) is 17.0. The van der Waals surface area contributed by atoms with Gasteiger partial charge in [-0.25, -0.2) is 14.8 Å². The van der Waals surface area contributed by atoms with Gasteiger partial charge in [-0.05, 0) is 71.6 Å². The highest BCUT2D eigenvalue weighted by molar-refractivity contribution is 5.87. The number of nitrogens with two attached hydrogens (primary N) is 1. The summed E-state index contributed by atoms with van der Waals surface area (Å²) >= 11 is 0. The molecule has 4 heterocycles. The molecule has 4 aromatic carbocycles. The monoisotopic (exact) mass is 772 g/mol. The molecule has 2 fully saturated rings. The number of alkyl carbamates (subject to hydrolysis) is 1. The summed E-state index contributed by atoms with van der Waals surface area (Å²) in [5.74, 6) is 7.53. The van der Waals surface area contributed by atoms with Crippen molar-refractivity contribution in [3.05, 3.63) is 156 Å². The van der Waals surface area contributed by atoms with Crippen molar-refractivity contribution >= 4 is 17.9 Å². The maximum atomic E-state index is 13.9. The lowest BCUT2D eigenvalue weighted by Crippen LogP contribution is -2.42. The molecule has 5 N–H and O–H groups in total. The van der Waals surface area contributed by atoms with Crippen LogP contribution in [-0.4, -0.2) is 67.8 Å². The zero-order valence-electron chi connectivity index (χ0n) is 32.1. The van der Waals surface area contributed by atoms with Gasteiger partial charge in [0.1, 0.15) is 29.4 Å². The second-order valence-corrected chi connectivity index (χ2v) is 14.5. The number of aromatic nitrogens is 4. The molecule has 292 valence electrons. The fourth-order valence-electron chi connectivity index (χ4n) is 7.84. The second-order valence-electron chi connectivity index (χ2n) is 14.5. The van der Waals surface area contributed by atoms with E-state index < -0.39 is 18.2 Å². The number of likely N-dealkylation sites (tertiary alicyclic amines) is 2. The Balaban J connectivity index is 0.900. The van der Waals surface area contributed by atoms with Crippen LogP contribution in [0, 0.1) is 11.8 Å². The lowest BCUT2D eigenvalue weighted by Gasteiger charge is -2.28. The van der Waals surface area contributed by atoms with E-state index in [1.807, 2.05) is 102 Å². The molecular formula is C46H44N8O4. The van der Waals surface area contributed by atoms with Gasteiger partial charge in [0, 0.05) is 18.7 Å². The lowest BCUT2D eigenvalue weighted by atomic mass is 10.0. The zero-order chi connectivity index (χ0) is 40.0. The number of hydrogen-bond acceptors (Lipinski definition) is 7. The third kappa shape index (κ3) is 8.12. The average Bonchev–Trinajstić information content (AvgIpc) is 4.12. The topological polar surface area (TPSA) is 162 Å². The fraction of sp³-hybridized carbons (Fsp3) is 0.239. The molecule has 2 aliphatic heterocycles. The van der Waals surface area contributed by atoms with Crippen LogP contribution in [0.5, 0.6) is 0 Å². The Kier molecular flexibility index (Phi) is 11.1. The molecule has 0 saturated carbocycles. The number of hydrogen-bond donors (Lipinski definition) is 4. The molecule has 8 rings (SSSR count). The maximum Gasteiger partial charge on any atom is 0.407 e. The summed E-state index contributed by atoms with van der Waals surface area (Å²) in [4.78, 5) is 59.1. The number of methoxy groups -OCH3 is 1. The number of nitrogens with zero attached hydrogens (tertiary/aromatic N) is 4. The van der Waals surface area contributed by atoms with E-state index in [1.54, 1.807) is 17.3 Å². The molecule has 4 atom stereocenters. The van der Waals surface area contributed by atoms with E-state index in [-0.39, 0.29) is 23.9 Å². The zero-order valence-corrected chi connectivity index (χ0v) is 32.1. The molecule has 0 unspecified atom stereocenters. The van der Waals surface area contributed by atoms with Crippen LogP contribution in [0.25, 0.3) is 22.4 Å². The molecular weight excluding hydrogens is 729 g/mol. The summed E-state index contributed by atoms with van der Waals surface area (Å²) in [6.45, 7) is 1.20. The molecule has 2 saturated heterocycles. The van der Waals surface area contributed by atoms with Gasteiger partial charge in [0.2, 0.25) is 5.91 Å². The van der Waals surface area contributed by atoms with Crippen molar-refractivity contribution in [2.75, 3.05) is 20.2 Å². The molecule has 12 heteroatoms. The average molecular weight is 773 g/mol. The van der Waals surface area contributed by atoms with E-state index >= 15 is 0 Å². The first-order chi connectivity index (χ1) is 28.4. The van der Waals surface area contributed by atoms with Crippen molar-refractivity contribution in [1.82, 2.24) is 35.1 Å². The molecule has 12 nitrogen and oxygen atoms in total. The molecule has 0 spiro atoms. The number of nitrogens with one attached hydrogen (secondary N) is 3. The van der Waals surface area contributed by atoms with Crippen LogP contribution in [0.2, 0.25) is 0 Å². The Morgan fingerprint density at radius 1 is 0.707 bits per heavy atom. The van der Waals surface area contributed by atoms with Crippen molar-refractivity contribution in [1.29, 1.82) is 0 Å². The van der Waals surface area contributed by atoms with E-state index in [4.69, 9.17) is 15.5 Å². The number of H-pyrrole nitrogens is 2. The highest BCUT2D eigenvalue weighted by Gasteiger charge is 2.37. The molecule has 0 radical (unpaired) electrons. The molecule has 2 aliphatic rings. The van der Waals surface area contributed by atoms with E-state index in [0.29, 0.717) is 30.2 Å². The van der Waals surface area contributed by atoms with Crippen molar-refractivity contribution in [2.45, 2.75) is 49.9 Å². The van der Waals surface area contributed by atoms with E-state index in [2.05, 4.69) is 44.2 Å². The van der Waals surface area contributed by atoms with Gasteiger partial charge in [0.05, 0.1) is 37.3 Å². The Bertz CT molecular complexity index is 2430. The van der Waals surface area contributed by atoms with Gasteiger partial charge in [-0.1, -0.05) is 103 Å². The van der Waals surface area contributed by atoms with Gasteiger partial charge in [-0.15, -0.1) is 0 Å². The number of amides is 3. The van der Waals surface area contributed by atoms with E-state index in [1.165, 1.54) is 7.11 Å². The number of ether oxygens (including phenoxy) is 1. The van der Waals surface area contributed by atoms with Crippen LogP contribution in [0.4, 0.5) is 4.79 Å². The normalized spacial score (nSPS) is 17.3. The van der Waals surface area contributed by atoms with E-state index in [9.17, 15) is 14.4 Å². The van der Waals surface area contributed by atoms with Crippen LogP contribution < -0.4 is 11.1 Å².